The summed E-state index contributed by atoms with van der Waals surface area (Å²) in [4.78, 5) is 0. The van der Waals surface area contributed by atoms with Gasteiger partial charge in [-0.2, -0.15) is 43.2 Å². The molecule has 0 aliphatic heterocycles. The lowest BCUT2D eigenvalue weighted by molar-refractivity contribution is -0.254. The quantitative estimate of drug-likeness (QED) is 0.514. The molecular weight excluding hydrogens is 370 g/mol. The van der Waals surface area contributed by atoms with Crippen LogP contribution in [0.15, 0.2) is 0 Å². The van der Waals surface area contributed by atoms with Crippen molar-refractivity contribution in [3.05, 3.63) is 0 Å². The van der Waals surface area contributed by atoms with Gasteiger partial charge in [-0.05, 0) is 12.8 Å². The normalized spacial score (nSPS) is 17.3. The number of halogens is 6. The molecule has 0 aromatic heterocycles. The van der Waals surface area contributed by atoms with Crippen molar-refractivity contribution in [2.24, 2.45) is 11.8 Å². The van der Waals surface area contributed by atoms with Crippen LogP contribution in [-0.4, -0.2) is 49.8 Å². The largest absolute Gasteiger partial charge is 0.392 e. The van der Waals surface area contributed by atoms with Gasteiger partial charge >= 0.3 is 12.4 Å². The van der Waals surface area contributed by atoms with Crippen LogP contribution in [0.3, 0.4) is 0 Å². The molecule has 2 atom stereocenters. The third kappa shape index (κ3) is 8.75. The van der Waals surface area contributed by atoms with E-state index < -0.39 is 68.8 Å². The molecule has 0 heterocycles. The van der Waals surface area contributed by atoms with Crippen molar-refractivity contribution in [1.82, 2.24) is 0 Å². The van der Waals surface area contributed by atoms with Crippen LogP contribution in [0, 0.1) is 11.8 Å². The second-order valence-electron chi connectivity index (χ2n) is 4.45. The van der Waals surface area contributed by atoms with E-state index in [4.69, 9.17) is 9.11 Å². The number of alkyl halides is 6. The van der Waals surface area contributed by atoms with Crippen molar-refractivity contribution in [1.29, 1.82) is 0 Å². The summed E-state index contributed by atoms with van der Waals surface area (Å²) in [6.07, 6.45) is -14.2. The first kappa shape index (κ1) is 21.4. The summed E-state index contributed by atoms with van der Waals surface area (Å²) in [5.41, 5.74) is 0. The molecule has 0 saturated heterocycles. The summed E-state index contributed by atoms with van der Waals surface area (Å²) in [5.74, 6) is -9.63. The number of hydrogen-bond donors (Lipinski definition) is 2. The van der Waals surface area contributed by atoms with Crippen LogP contribution in [0.5, 0.6) is 0 Å². The maximum atomic E-state index is 12.7. The average molecular weight is 382 g/mol. The molecule has 0 aromatic rings. The maximum Gasteiger partial charge on any atom is 0.392 e. The predicted molar refractivity (Wildman–Crippen MR) is 61.2 cm³/mol. The van der Waals surface area contributed by atoms with Crippen molar-refractivity contribution < 1.29 is 52.3 Å². The third-order valence-electron chi connectivity index (χ3n) is 2.70. The van der Waals surface area contributed by atoms with Gasteiger partial charge in [0, 0.05) is 0 Å². The highest BCUT2D eigenvalue weighted by atomic mass is 32.2. The van der Waals surface area contributed by atoms with Gasteiger partial charge in [0.2, 0.25) is 0 Å². The van der Waals surface area contributed by atoms with Gasteiger partial charge in [0.1, 0.15) is 0 Å². The Morgan fingerprint density at radius 3 is 1.05 bits per heavy atom. The Bertz CT molecular complexity index is 511. The Balaban J connectivity index is 5.47. The molecule has 0 fully saturated rings. The molecule has 0 aliphatic rings. The van der Waals surface area contributed by atoms with E-state index in [1.54, 1.807) is 0 Å². The van der Waals surface area contributed by atoms with Crippen molar-refractivity contribution in [3.63, 3.8) is 0 Å². The summed E-state index contributed by atoms with van der Waals surface area (Å²) >= 11 is 0. The summed E-state index contributed by atoms with van der Waals surface area (Å²) in [5, 5.41) is 0. The molecule has 0 radical (unpaired) electrons. The van der Waals surface area contributed by atoms with E-state index in [0.29, 0.717) is 0 Å². The first-order chi connectivity index (χ1) is 9.43. The lowest BCUT2D eigenvalue weighted by Crippen LogP contribution is -2.41. The fourth-order valence-electron chi connectivity index (χ4n) is 1.74. The Morgan fingerprint density at radius 2 is 0.909 bits per heavy atom. The summed E-state index contributed by atoms with van der Waals surface area (Å²) in [6, 6.07) is 0. The van der Waals surface area contributed by atoms with Crippen LogP contribution in [0.4, 0.5) is 26.3 Å². The van der Waals surface area contributed by atoms with Gasteiger partial charge in [-0.3, -0.25) is 9.11 Å². The van der Waals surface area contributed by atoms with E-state index in [1.165, 1.54) is 0 Å². The van der Waals surface area contributed by atoms with E-state index in [9.17, 15) is 43.2 Å². The predicted octanol–water partition coefficient (Wildman–Crippen LogP) is 1.90. The lowest BCUT2D eigenvalue weighted by atomic mass is 9.86. The van der Waals surface area contributed by atoms with E-state index in [0.717, 1.165) is 0 Å². The summed E-state index contributed by atoms with van der Waals surface area (Å²) < 4.78 is 135. The SMILES string of the molecule is O=S(=O)(O)CCC(C(CCS(=O)(=O)O)C(F)(F)F)C(F)(F)F. The number of rotatable bonds is 7. The molecule has 14 heteroatoms. The van der Waals surface area contributed by atoms with Gasteiger partial charge in [-0.15, -0.1) is 0 Å². The van der Waals surface area contributed by atoms with Crippen LogP contribution in [0.25, 0.3) is 0 Å². The smallest absolute Gasteiger partial charge is 0.286 e. The Kier molecular flexibility index (Phi) is 6.69. The average Bonchev–Trinajstić information content (AvgIpc) is 2.15. The zero-order valence-electron chi connectivity index (χ0n) is 10.6. The van der Waals surface area contributed by atoms with E-state index in [1.807, 2.05) is 0 Å². The highest BCUT2D eigenvalue weighted by molar-refractivity contribution is 7.86. The highest BCUT2D eigenvalue weighted by Crippen LogP contribution is 2.44. The van der Waals surface area contributed by atoms with Gasteiger partial charge in [-0.25, -0.2) is 0 Å². The summed E-state index contributed by atoms with van der Waals surface area (Å²) in [7, 11) is -9.87. The zero-order valence-corrected chi connectivity index (χ0v) is 12.2. The van der Waals surface area contributed by atoms with Crippen LogP contribution >= 0.6 is 0 Å². The Hall–Kier alpha value is -0.600. The first-order valence-electron chi connectivity index (χ1n) is 5.47. The molecule has 0 aliphatic carbocycles. The van der Waals surface area contributed by atoms with Crippen molar-refractivity contribution in [3.8, 4) is 0 Å². The molecule has 0 rings (SSSR count). The molecule has 2 N–H and O–H groups in total. The standard InChI is InChI=1S/C8H12F6O6S2/c9-7(10,11)5(1-3-21(15,16)17)6(8(12,13)14)2-4-22(18,19)20/h5-6H,1-4H2,(H,15,16,17)(H,18,19,20). The van der Waals surface area contributed by atoms with Crippen molar-refractivity contribution >= 4 is 20.2 Å². The molecule has 6 nitrogen and oxygen atoms in total. The van der Waals surface area contributed by atoms with Gasteiger partial charge in [0.05, 0.1) is 23.3 Å². The van der Waals surface area contributed by atoms with E-state index in [2.05, 4.69) is 0 Å². The van der Waals surface area contributed by atoms with Crippen molar-refractivity contribution in [2.45, 2.75) is 25.2 Å². The van der Waals surface area contributed by atoms with Crippen LogP contribution in [0.1, 0.15) is 12.8 Å². The van der Waals surface area contributed by atoms with Crippen LogP contribution in [-0.2, 0) is 20.2 Å². The molecule has 0 aromatic carbocycles. The highest BCUT2D eigenvalue weighted by Gasteiger charge is 2.54. The fourth-order valence-corrected chi connectivity index (χ4v) is 2.84. The van der Waals surface area contributed by atoms with Gasteiger partial charge in [-0.1, -0.05) is 0 Å². The molecule has 22 heavy (non-hydrogen) atoms. The minimum atomic E-state index is -5.48. The minimum absolute atomic E-state index is 1.57. The van der Waals surface area contributed by atoms with Gasteiger partial charge in [0.25, 0.3) is 20.2 Å². The number of hydrogen-bond acceptors (Lipinski definition) is 4. The van der Waals surface area contributed by atoms with Crippen molar-refractivity contribution in [2.75, 3.05) is 11.5 Å². The third-order valence-corrected chi connectivity index (χ3v) is 4.20. The molecule has 2 unspecified atom stereocenters. The zero-order chi connectivity index (χ0) is 18.0. The van der Waals surface area contributed by atoms with Gasteiger partial charge in [0.15, 0.2) is 0 Å². The van der Waals surface area contributed by atoms with E-state index >= 15 is 0 Å². The van der Waals surface area contributed by atoms with E-state index in [-0.39, 0.29) is 0 Å². The minimum Gasteiger partial charge on any atom is -0.286 e. The Labute approximate surface area is 122 Å². The second-order valence-corrected chi connectivity index (χ2v) is 7.59. The molecular formula is C8H12F6O6S2. The van der Waals surface area contributed by atoms with Crippen LogP contribution < -0.4 is 0 Å². The Morgan fingerprint density at radius 1 is 0.682 bits per heavy atom. The molecule has 134 valence electrons. The van der Waals surface area contributed by atoms with Crippen LogP contribution in [0.2, 0.25) is 0 Å². The monoisotopic (exact) mass is 382 g/mol. The molecule has 0 amide bonds. The molecule has 0 saturated carbocycles. The molecule has 0 spiro atoms. The topological polar surface area (TPSA) is 109 Å². The second kappa shape index (κ2) is 6.88. The van der Waals surface area contributed by atoms with Gasteiger partial charge < -0.3 is 0 Å². The summed E-state index contributed by atoms with van der Waals surface area (Å²) in [6.45, 7) is 0. The molecule has 0 bridgehead atoms. The lowest BCUT2D eigenvalue weighted by Gasteiger charge is -2.30. The fraction of sp³-hybridized carbons (Fsp3) is 1.00. The first-order valence-corrected chi connectivity index (χ1v) is 8.69. The maximum absolute atomic E-state index is 12.7.